The van der Waals surface area contributed by atoms with Crippen LogP contribution in [0.2, 0.25) is 0 Å². The summed E-state index contributed by atoms with van der Waals surface area (Å²) in [6.45, 7) is 2.52. The van der Waals surface area contributed by atoms with E-state index in [1.807, 2.05) is 24.4 Å². The fourth-order valence-electron chi connectivity index (χ4n) is 1.82. The van der Waals surface area contributed by atoms with Crippen LogP contribution in [0.3, 0.4) is 0 Å². The number of aryl methyl sites for hydroxylation is 1. The molecule has 1 unspecified atom stereocenters. The molecule has 21 heavy (non-hydrogen) atoms. The molecule has 1 atom stereocenters. The highest BCUT2D eigenvalue weighted by atomic mass is 32.1. The Bertz CT molecular complexity index is 581. The topological polar surface area (TPSA) is 71.5 Å². The van der Waals surface area contributed by atoms with Crippen molar-refractivity contribution in [2.45, 2.75) is 19.4 Å². The molecule has 2 aromatic rings. The van der Waals surface area contributed by atoms with Gasteiger partial charge in [0, 0.05) is 13.7 Å². The third-order valence-corrected chi connectivity index (χ3v) is 5.05. The molecule has 0 aromatic carbocycles. The molecule has 0 aliphatic heterocycles. The van der Waals surface area contributed by atoms with E-state index in [1.54, 1.807) is 11.3 Å². The van der Waals surface area contributed by atoms with Gasteiger partial charge in [0.25, 0.3) is 5.91 Å². The van der Waals surface area contributed by atoms with E-state index in [0.717, 1.165) is 15.6 Å². The minimum Gasteiger partial charge on any atom is -0.391 e. The van der Waals surface area contributed by atoms with E-state index in [-0.39, 0.29) is 12.5 Å². The number of hydrogen-bond donors (Lipinski definition) is 2. The van der Waals surface area contributed by atoms with Gasteiger partial charge in [0.05, 0.1) is 23.3 Å². The van der Waals surface area contributed by atoms with Gasteiger partial charge in [-0.1, -0.05) is 6.07 Å². The second-order valence-electron chi connectivity index (χ2n) is 4.56. The highest BCUT2D eigenvalue weighted by molar-refractivity contribution is 7.22. The summed E-state index contributed by atoms with van der Waals surface area (Å²) in [7, 11) is 1.54. The number of methoxy groups -OCH3 is 1. The first-order chi connectivity index (χ1) is 10.1. The first-order valence-corrected chi connectivity index (χ1v) is 8.28. The van der Waals surface area contributed by atoms with Crippen LogP contribution in [-0.2, 0) is 4.74 Å². The van der Waals surface area contributed by atoms with Crippen molar-refractivity contribution in [1.82, 2.24) is 10.3 Å². The first-order valence-electron chi connectivity index (χ1n) is 6.58. The molecule has 114 valence electrons. The van der Waals surface area contributed by atoms with Crippen LogP contribution in [0, 0.1) is 6.92 Å². The molecule has 0 aliphatic rings. The summed E-state index contributed by atoms with van der Waals surface area (Å²) in [6.07, 6.45) is -0.0885. The van der Waals surface area contributed by atoms with Gasteiger partial charge >= 0.3 is 0 Å². The number of rotatable bonds is 7. The zero-order valence-electron chi connectivity index (χ0n) is 12.0. The summed E-state index contributed by atoms with van der Waals surface area (Å²) < 4.78 is 4.84. The highest BCUT2D eigenvalue weighted by Crippen LogP contribution is 2.30. The number of aliphatic hydroxyl groups excluding tert-OH is 1. The van der Waals surface area contributed by atoms with Crippen molar-refractivity contribution in [2.75, 3.05) is 20.3 Å². The van der Waals surface area contributed by atoms with Crippen LogP contribution in [-0.4, -0.2) is 42.4 Å². The minimum atomic E-state index is -0.556. The van der Waals surface area contributed by atoms with Gasteiger partial charge in [-0.15, -0.1) is 22.7 Å². The molecule has 0 fully saturated rings. The standard InChI is InChI=1S/C14H18N2O3S2/c1-9-12(13(18)15-6-5-10(17)8-19-2)21-14(16-9)11-4-3-7-20-11/h3-4,7,10,17H,5-6,8H2,1-2H3,(H,15,18). The van der Waals surface area contributed by atoms with Gasteiger partial charge in [-0.05, 0) is 24.8 Å². The lowest BCUT2D eigenvalue weighted by molar-refractivity contribution is 0.0588. The Balaban J connectivity index is 1.94. The average molecular weight is 326 g/mol. The molecule has 0 saturated carbocycles. The molecule has 2 N–H and O–H groups in total. The first kappa shape index (κ1) is 16.1. The third kappa shape index (κ3) is 4.34. The summed E-state index contributed by atoms with van der Waals surface area (Å²) in [5.41, 5.74) is 0.735. The molecule has 7 heteroatoms. The number of amides is 1. The van der Waals surface area contributed by atoms with E-state index in [0.29, 0.717) is 17.8 Å². The largest absolute Gasteiger partial charge is 0.391 e. The van der Waals surface area contributed by atoms with E-state index in [1.165, 1.54) is 18.4 Å². The molecular weight excluding hydrogens is 308 g/mol. The molecule has 1 amide bonds. The molecule has 5 nitrogen and oxygen atoms in total. The maximum Gasteiger partial charge on any atom is 0.263 e. The van der Waals surface area contributed by atoms with Crippen molar-refractivity contribution in [2.24, 2.45) is 0 Å². The van der Waals surface area contributed by atoms with Crippen LogP contribution >= 0.6 is 22.7 Å². The number of hydrogen-bond acceptors (Lipinski definition) is 6. The number of nitrogens with one attached hydrogen (secondary N) is 1. The summed E-state index contributed by atoms with van der Waals surface area (Å²) in [5, 5.41) is 15.2. The zero-order chi connectivity index (χ0) is 15.2. The van der Waals surface area contributed by atoms with E-state index in [4.69, 9.17) is 4.74 Å². The lowest BCUT2D eigenvalue weighted by Crippen LogP contribution is -2.28. The molecular formula is C14H18N2O3S2. The van der Waals surface area contributed by atoms with Gasteiger partial charge in [-0.25, -0.2) is 4.98 Å². The van der Waals surface area contributed by atoms with Gasteiger partial charge in [0.2, 0.25) is 0 Å². The third-order valence-electron chi connectivity index (χ3n) is 2.86. The summed E-state index contributed by atoms with van der Waals surface area (Å²) in [5.74, 6) is -0.141. The Hall–Kier alpha value is -1.28. The Morgan fingerprint density at radius 1 is 1.57 bits per heavy atom. The fourth-order valence-corrected chi connectivity index (χ4v) is 3.60. The number of aliphatic hydroxyl groups is 1. The fraction of sp³-hybridized carbons (Fsp3) is 0.429. The second kappa shape index (κ2) is 7.65. The number of carbonyl (C=O) groups is 1. The second-order valence-corrected chi connectivity index (χ2v) is 6.51. The quantitative estimate of drug-likeness (QED) is 0.819. The van der Waals surface area contributed by atoms with Gasteiger partial charge < -0.3 is 15.2 Å². The van der Waals surface area contributed by atoms with Gasteiger partial charge in [-0.2, -0.15) is 0 Å². The van der Waals surface area contributed by atoms with Crippen LogP contribution in [0.15, 0.2) is 17.5 Å². The van der Waals surface area contributed by atoms with Crippen molar-refractivity contribution in [1.29, 1.82) is 0 Å². The van der Waals surface area contributed by atoms with E-state index in [9.17, 15) is 9.90 Å². The Kier molecular flexibility index (Phi) is 5.86. The van der Waals surface area contributed by atoms with E-state index < -0.39 is 6.10 Å². The minimum absolute atomic E-state index is 0.141. The number of nitrogens with zero attached hydrogens (tertiary/aromatic N) is 1. The number of aromatic nitrogens is 1. The number of thiophene rings is 1. The normalized spacial score (nSPS) is 12.3. The molecule has 0 bridgehead atoms. The van der Waals surface area contributed by atoms with Crippen LogP contribution in [0.5, 0.6) is 0 Å². The molecule has 0 spiro atoms. The van der Waals surface area contributed by atoms with Crippen LogP contribution in [0.4, 0.5) is 0 Å². The molecule has 2 heterocycles. The number of carbonyl (C=O) groups excluding carboxylic acids is 1. The highest BCUT2D eigenvalue weighted by Gasteiger charge is 2.16. The molecule has 0 aliphatic carbocycles. The maximum atomic E-state index is 12.1. The predicted molar refractivity (Wildman–Crippen MR) is 85.0 cm³/mol. The Morgan fingerprint density at radius 3 is 3.05 bits per heavy atom. The van der Waals surface area contributed by atoms with E-state index >= 15 is 0 Å². The molecule has 2 aromatic heterocycles. The summed E-state index contributed by atoms with van der Waals surface area (Å²) >= 11 is 3.00. The van der Waals surface area contributed by atoms with Crippen molar-refractivity contribution in [3.8, 4) is 9.88 Å². The maximum absolute atomic E-state index is 12.1. The smallest absolute Gasteiger partial charge is 0.263 e. The van der Waals surface area contributed by atoms with Crippen molar-refractivity contribution < 1.29 is 14.6 Å². The van der Waals surface area contributed by atoms with Gasteiger partial charge in [0.15, 0.2) is 0 Å². The monoisotopic (exact) mass is 326 g/mol. The van der Waals surface area contributed by atoms with Crippen molar-refractivity contribution in [3.63, 3.8) is 0 Å². The molecule has 0 saturated heterocycles. The lowest BCUT2D eigenvalue weighted by Gasteiger charge is -2.09. The van der Waals surface area contributed by atoms with Crippen molar-refractivity contribution >= 4 is 28.6 Å². The van der Waals surface area contributed by atoms with Crippen LogP contribution < -0.4 is 5.32 Å². The zero-order valence-corrected chi connectivity index (χ0v) is 13.6. The van der Waals surface area contributed by atoms with Crippen LogP contribution in [0.25, 0.3) is 9.88 Å². The molecule has 0 radical (unpaired) electrons. The predicted octanol–water partition coefficient (Wildman–Crippen LogP) is 2.31. The summed E-state index contributed by atoms with van der Waals surface area (Å²) in [4.78, 5) is 18.3. The van der Waals surface area contributed by atoms with Crippen molar-refractivity contribution in [3.05, 3.63) is 28.1 Å². The number of thiazole rings is 1. The van der Waals surface area contributed by atoms with Gasteiger partial charge in [-0.3, -0.25) is 4.79 Å². The molecule has 2 rings (SSSR count). The van der Waals surface area contributed by atoms with Crippen LogP contribution in [0.1, 0.15) is 21.8 Å². The lowest BCUT2D eigenvalue weighted by atomic mass is 10.2. The summed E-state index contributed by atoms with van der Waals surface area (Å²) in [6, 6.07) is 3.96. The van der Waals surface area contributed by atoms with Gasteiger partial charge in [0.1, 0.15) is 9.88 Å². The average Bonchev–Trinajstić information content (AvgIpc) is 3.07. The Labute approximate surface area is 131 Å². The SMILES string of the molecule is COCC(O)CCNC(=O)c1sc(-c2cccs2)nc1C. The number of ether oxygens (including phenoxy) is 1. The van der Waals surface area contributed by atoms with E-state index in [2.05, 4.69) is 10.3 Å². The Morgan fingerprint density at radius 2 is 2.38 bits per heavy atom.